The van der Waals surface area contributed by atoms with Crippen LogP contribution in [0.2, 0.25) is 0 Å². The molecule has 0 saturated carbocycles. The zero-order chi connectivity index (χ0) is 23.3. The number of amides is 4. The van der Waals surface area contributed by atoms with Crippen LogP contribution in [0.5, 0.6) is 0 Å². The molecule has 0 aromatic rings. The Kier molecular flexibility index (Phi) is 12.1. The SMILES string of the molecule is N=C(N)NCCC[C@H](N)C(=O)NCC(=O)N[C@@H](CC(=O)N[C@@H](CO)C(=O)O)C(N)=O. The number of aliphatic hydroxyl groups excluding tert-OH is 1. The van der Waals surface area contributed by atoms with Gasteiger partial charge < -0.3 is 48.7 Å². The number of carboxylic acids is 1. The quantitative estimate of drug-likeness (QED) is 0.0706. The first-order valence-electron chi connectivity index (χ1n) is 8.80. The largest absolute Gasteiger partial charge is 0.480 e. The van der Waals surface area contributed by atoms with E-state index in [9.17, 15) is 24.0 Å². The molecule has 3 atom stereocenters. The second-order valence-corrected chi connectivity index (χ2v) is 6.17. The molecule has 4 amide bonds. The summed E-state index contributed by atoms with van der Waals surface area (Å²) in [5.74, 6) is -5.16. The molecule has 0 aromatic heterocycles. The van der Waals surface area contributed by atoms with Crippen LogP contribution in [0.1, 0.15) is 19.3 Å². The van der Waals surface area contributed by atoms with Crippen molar-refractivity contribution in [2.24, 2.45) is 17.2 Å². The average molecular weight is 432 g/mol. The summed E-state index contributed by atoms with van der Waals surface area (Å²) in [6.07, 6.45) is 0.0410. The van der Waals surface area contributed by atoms with Gasteiger partial charge in [-0.25, -0.2) is 4.79 Å². The third-order valence-electron chi connectivity index (χ3n) is 3.65. The molecule has 15 nitrogen and oxygen atoms in total. The van der Waals surface area contributed by atoms with Crippen molar-refractivity contribution in [2.75, 3.05) is 19.7 Å². The maximum absolute atomic E-state index is 11.9. The van der Waals surface area contributed by atoms with E-state index >= 15 is 0 Å². The summed E-state index contributed by atoms with van der Waals surface area (Å²) in [6.45, 7) is -1.07. The highest BCUT2D eigenvalue weighted by Gasteiger charge is 2.25. The number of aliphatic carboxylic acids is 1. The lowest BCUT2D eigenvalue weighted by molar-refractivity contribution is -0.143. The van der Waals surface area contributed by atoms with Gasteiger partial charge >= 0.3 is 5.97 Å². The molecule has 0 aliphatic carbocycles. The zero-order valence-electron chi connectivity index (χ0n) is 16.1. The van der Waals surface area contributed by atoms with Crippen molar-refractivity contribution in [3.05, 3.63) is 0 Å². The minimum absolute atomic E-state index is 0.211. The fourth-order valence-corrected chi connectivity index (χ4v) is 2.07. The molecule has 0 aromatic carbocycles. The fraction of sp³-hybridized carbons (Fsp3) is 0.600. The number of carboxylic acid groups (broad SMARTS) is 1. The van der Waals surface area contributed by atoms with Gasteiger partial charge in [0.25, 0.3) is 0 Å². The molecule has 0 radical (unpaired) electrons. The topological polar surface area (TPSA) is 276 Å². The van der Waals surface area contributed by atoms with Crippen LogP contribution in [-0.4, -0.2) is 83.6 Å². The van der Waals surface area contributed by atoms with Gasteiger partial charge in [0.15, 0.2) is 5.96 Å². The van der Waals surface area contributed by atoms with E-state index in [2.05, 4.69) is 16.0 Å². The molecule has 0 aliphatic heterocycles. The lowest BCUT2D eigenvalue weighted by atomic mass is 10.1. The van der Waals surface area contributed by atoms with Crippen molar-refractivity contribution < 1.29 is 34.2 Å². The summed E-state index contributed by atoms with van der Waals surface area (Å²) in [5, 5.41) is 33.5. The highest BCUT2D eigenvalue weighted by atomic mass is 16.4. The molecule has 30 heavy (non-hydrogen) atoms. The lowest BCUT2D eigenvalue weighted by Gasteiger charge is -2.18. The van der Waals surface area contributed by atoms with Crippen LogP contribution in [0, 0.1) is 5.41 Å². The standard InChI is InChI=1S/C15H28N8O7/c16-7(2-1-3-20-15(18)19)13(28)21-5-11(26)22-8(12(17)27)4-10(25)23-9(6-24)14(29)30/h7-9,24H,1-6,16H2,(H2,17,27)(H,21,28)(H,22,26)(H,23,25)(H,29,30)(H4,18,19,20)/t7-,8-,9-/m0/s1. The second-order valence-electron chi connectivity index (χ2n) is 6.17. The van der Waals surface area contributed by atoms with Gasteiger partial charge in [-0.3, -0.25) is 24.6 Å². The molecule has 170 valence electrons. The Morgan fingerprint density at radius 3 is 2.07 bits per heavy atom. The Morgan fingerprint density at radius 1 is 0.967 bits per heavy atom. The number of hydrogen-bond donors (Lipinski definition) is 10. The Hall–Kier alpha value is -3.46. The van der Waals surface area contributed by atoms with Crippen molar-refractivity contribution in [3.8, 4) is 0 Å². The number of rotatable bonds is 14. The normalized spacial score (nSPS) is 13.3. The van der Waals surface area contributed by atoms with Gasteiger partial charge in [-0.15, -0.1) is 0 Å². The molecule has 0 aliphatic rings. The second kappa shape index (κ2) is 13.7. The van der Waals surface area contributed by atoms with Gasteiger partial charge in [0, 0.05) is 6.54 Å². The first kappa shape index (κ1) is 26.5. The Labute approximate surface area is 171 Å². The maximum Gasteiger partial charge on any atom is 0.328 e. The number of aliphatic hydroxyl groups is 1. The summed E-state index contributed by atoms with van der Waals surface area (Å²) in [5.41, 5.74) is 15.9. The minimum atomic E-state index is -1.58. The van der Waals surface area contributed by atoms with E-state index in [0.717, 1.165) is 0 Å². The average Bonchev–Trinajstić information content (AvgIpc) is 2.66. The zero-order valence-corrected chi connectivity index (χ0v) is 16.1. The summed E-state index contributed by atoms with van der Waals surface area (Å²) in [4.78, 5) is 57.7. The van der Waals surface area contributed by atoms with Gasteiger partial charge in [0.1, 0.15) is 12.1 Å². The molecule has 0 bridgehead atoms. The molecular formula is C15H28N8O7. The van der Waals surface area contributed by atoms with Gasteiger partial charge in [0.05, 0.1) is 25.6 Å². The third kappa shape index (κ3) is 11.4. The van der Waals surface area contributed by atoms with Crippen LogP contribution in [-0.2, 0) is 24.0 Å². The van der Waals surface area contributed by atoms with E-state index in [4.69, 9.17) is 32.8 Å². The molecule has 0 heterocycles. The number of carbonyl (C=O) groups is 5. The van der Waals surface area contributed by atoms with Crippen LogP contribution >= 0.6 is 0 Å². The van der Waals surface area contributed by atoms with Gasteiger partial charge in [-0.2, -0.15) is 0 Å². The van der Waals surface area contributed by atoms with Crippen LogP contribution < -0.4 is 38.5 Å². The summed E-state index contributed by atoms with van der Waals surface area (Å²) >= 11 is 0. The Balaban J connectivity index is 4.46. The van der Waals surface area contributed by atoms with Crippen LogP contribution in [0.15, 0.2) is 0 Å². The van der Waals surface area contributed by atoms with Gasteiger partial charge in [-0.1, -0.05) is 0 Å². The van der Waals surface area contributed by atoms with E-state index in [1.807, 2.05) is 5.32 Å². The predicted octanol–water partition coefficient (Wildman–Crippen LogP) is -5.38. The predicted molar refractivity (Wildman–Crippen MR) is 103 cm³/mol. The molecule has 0 saturated heterocycles. The van der Waals surface area contributed by atoms with Crippen molar-refractivity contribution >= 4 is 35.6 Å². The molecule has 0 spiro atoms. The molecular weight excluding hydrogens is 404 g/mol. The highest BCUT2D eigenvalue weighted by Crippen LogP contribution is 1.95. The number of primary amides is 1. The Morgan fingerprint density at radius 2 is 1.57 bits per heavy atom. The van der Waals surface area contributed by atoms with Crippen molar-refractivity contribution in [1.82, 2.24) is 21.3 Å². The lowest BCUT2D eigenvalue weighted by Crippen LogP contribution is -2.52. The number of nitrogens with one attached hydrogen (secondary N) is 5. The smallest absolute Gasteiger partial charge is 0.328 e. The van der Waals surface area contributed by atoms with Gasteiger partial charge in [0.2, 0.25) is 23.6 Å². The first-order valence-corrected chi connectivity index (χ1v) is 8.80. The number of nitrogens with two attached hydrogens (primary N) is 3. The van der Waals surface area contributed by atoms with Gasteiger partial charge in [-0.05, 0) is 12.8 Å². The highest BCUT2D eigenvalue weighted by molar-refractivity contribution is 5.93. The third-order valence-corrected chi connectivity index (χ3v) is 3.65. The van der Waals surface area contributed by atoms with Crippen LogP contribution in [0.25, 0.3) is 0 Å². The van der Waals surface area contributed by atoms with E-state index in [1.165, 1.54) is 0 Å². The minimum Gasteiger partial charge on any atom is -0.480 e. The summed E-state index contributed by atoms with van der Waals surface area (Å²) in [7, 11) is 0. The first-order chi connectivity index (χ1) is 14.0. The molecule has 0 rings (SSSR count). The molecule has 0 unspecified atom stereocenters. The van der Waals surface area contributed by atoms with Crippen molar-refractivity contribution in [2.45, 2.75) is 37.4 Å². The van der Waals surface area contributed by atoms with E-state index < -0.39 is 67.3 Å². The monoisotopic (exact) mass is 432 g/mol. The number of guanidine groups is 1. The van der Waals surface area contributed by atoms with Crippen LogP contribution in [0.4, 0.5) is 0 Å². The number of carbonyl (C=O) groups excluding carboxylic acids is 4. The molecule has 13 N–H and O–H groups in total. The van der Waals surface area contributed by atoms with Crippen LogP contribution in [0.3, 0.4) is 0 Å². The fourth-order valence-electron chi connectivity index (χ4n) is 2.07. The summed E-state index contributed by atoms with van der Waals surface area (Å²) < 4.78 is 0. The summed E-state index contributed by atoms with van der Waals surface area (Å²) in [6, 6.07) is -3.96. The number of hydrogen-bond acceptors (Lipinski definition) is 8. The van der Waals surface area contributed by atoms with E-state index in [1.54, 1.807) is 0 Å². The van der Waals surface area contributed by atoms with Crippen molar-refractivity contribution in [1.29, 1.82) is 5.41 Å². The Bertz CT molecular complexity index is 657. The van der Waals surface area contributed by atoms with Crippen molar-refractivity contribution in [3.63, 3.8) is 0 Å². The van der Waals surface area contributed by atoms with E-state index in [0.29, 0.717) is 13.0 Å². The molecule has 0 fully saturated rings. The van der Waals surface area contributed by atoms with E-state index in [-0.39, 0.29) is 12.4 Å². The maximum atomic E-state index is 11.9. The molecule has 15 heteroatoms.